The van der Waals surface area contributed by atoms with E-state index in [0.29, 0.717) is 18.6 Å². The Hall–Kier alpha value is -2.40. The van der Waals surface area contributed by atoms with Gasteiger partial charge in [-0.2, -0.15) is 0 Å². The number of aliphatic hydroxyl groups excluding tert-OH is 1. The average Bonchev–Trinajstić information content (AvgIpc) is 2.48. The molecule has 104 valence electrons. The summed E-state index contributed by atoms with van der Waals surface area (Å²) in [5.74, 6) is 0.225. The Kier molecular flexibility index (Phi) is 4.68. The zero-order valence-corrected chi connectivity index (χ0v) is 10.9. The lowest BCUT2D eigenvalue weighted by atomic mass is 10.1. The fraction of sp³-hybridized carbons (Fsp3) is 0.200. The van der Waals surface area contributed by atoms with Crippen molar-refractivity contribution in [3.63, 3.8) is 0 Å². The van der Waals surface area contributed by atoms with E-state index in [1.807, 2.05) is 30.3 Å². The van der Waals surface area contributed by atoms with Crippen LogP contribution >= 0.6 is 0 Å². The Bertz CT molecular complexity index is 584. The Morgan fingerprint density at radius 3 is 2.50 bits per heavy atom. The van der Waals surface area contributed by atoms with Gasteiger partial charge in [0.1, 0.15) is 0 Å². The Balaban J connectivity index is 2.04. The van der Waals surface area contributed by atoms with E-state index in [1.54, 1.807) is 6.07 Å². The van der Waals surface area contributed by atoms with Crippen molar-refractivity contribution in [2.75, 3.05) is 6.61 Å². The van der Waals surface area contributed by atoms with Gasteiger partial charge in [-0.1, -0.05) is 36.4 Å². The summed E-state index contributed by atoms with van der Waals surface area (Å²) in [5, 5.41) is 20.0. The standard InChI is InChI=1S/C15H15NO4/c17-11-13-6-7-15(14(10-13)16(18)19)20-9-8-12-4-2-1-3-5-12/h1-7,10,17H,8-9,11H2. The van der Waals surface area contributed by atoms with Gasteiger partial charge in [-0.05, 0) is 17.2 Å². The van der Waals surface area contributed by atoms with E-state index in [2.05, 4.69) is 0 Å². The molecule has 0 bridgehead atoms. The van der Waals surface area contributed by atoms with Crippen molar-refractivity contribution in [2.24, 2.45) is 0 Å². The summed E-state index contributed by atoms with van der Waals surface area (Å²) in [6.07, 6.45) is 0.680. The molecule has 0 atom stereocenters. The Morgan fingerprint density at radius 2 is 1.85 bits per heavy atom. The molecule has 2 aromatic carbocycles. The van der Waals surface area contributed by atoms with Crippen LogP contribution < -0.4 is 4.74 Å². The molecule has 0 aliphatic heterocycles. The molecule has 0 amide bonds. The summed E-state index contributed by atoms with van der Waals surface area (Å²) >= 11 is 0. The van der Waals surface area contributed by atoms with Crippen LogP contribution in [-0.4, -0.2) is 16.6 Å². The third-order valence-electron chi connectivity index (χ3n) is 2.89. The number of ether oxygens (including phenoxy) is 1. The smallest absolute Gasteiger partial charge is 0.311 e. The SMILES string of the molecule is O=[N+]([O-])c1cc(CO)ccc1OCCc1ccccc1. The minimum Gasteiger partial charge on any atom is -0.486 e. The number of rotatable bonds is 6. The molecular formula is C15H15NO4. The van der Waals surface area contributed by atoms with Crippen molar-refractivity contribution in [3.05, 3.63) is 69.8 Å². The molecule has 0 unspecified atom stereocenters. The van der Waals surface area contributed by atoms with Crippen molar-refractivity contribution < 1.29 is 14.8 Å². The van der Waals surface area contributed by atoms with Crippen LogP contribution in [0.1, 0.15) is 11.1 Å². The van der Waals surface area contributed by atoms with Gasteiger partial charge in [-0.25, -0.2) is 0 Å². The molecule has 5 heteroatoms. The molecule has 0 aliphatic rings. The van der Waals surface area contributed by atoms with Gasteiger partial charge in [0.2, 0.25) is 0 Å². The number of nitrogens with zero attached hydrogens (tertiary/aromatic N) is 1. The van der Waals surface area contributed by atoms with Crippen molar-refractivity contribution >= 4 is 5.69 Å². The lowest BCUT2D eigenvalue weighted by Crippen LogP contribution is -2.04. The normalized spacial score (nSPS) is 10.2. The first-order valence-corrected chi connectivity index (χ1v) is 6.25. The van der Waals surface area contributed by atoms with E-state index < -0.39 is 4.92 Å². The van der Waals surface area contributed by atoms with E-state index in [0.717, 1.165) is 5.56 Å². The van der Waals surface area contributed by atoms with Crippen LogP contribution in [0.3, 0.4) is 0 Å². The maximum atomic E-state index is 11.0. The highest BCUT2D eigenvalue weighted by Gasteiger charge is 2.15. The van der Waals surface area contributed by atoms with Crippen molar-refractivity contribution in [1.82, 2.24) is 0 Å². The highest BCUT2D eigenvalue weighted by atomic mass is 16.6. The number of hydrogen-bond donors (Lipinski definition) is 1. The maximum absolute atomic E-state index is 11.0. The molecule has 1 N–H and O–H groups in total. The van der Waals surface area contributed by atoms with E-state index in [4.69, 9.17) is 9.84 Å². The Labute approximate surface area is 116 Å². The number of hydrogen-bond acceptors (Lipinski definition) is 4. The predicted molar refractivity (Wildman–Crippen MR) is 74.7 cm³/mol. The summed E-state index contributed by atoms with van der Waals surface area (Å²) in [5.41, 5.74) is 1.49. The van der Waals surface area contributed by atoms with E-state index >= 15 is 0 Å². The topological polar surface area (TPSA) is 72.6 Å². The molecule has 0 saturated carbocycles. The molecule has 0 fully saturated rings. The Morgan fingerprint density at radius 1 is 1.10 bits per heavy atom. The van der Waals surface area contributed by atoms with Crippen LogP contribution in [0, 0.1) is 10.1 Å². The first-order valence-electron chi connectivity index (χ1n) is 6.25. The lowest BCUT2D eigenvalue weighted by Gasteiger charge is -2.07. The van der Waals surface area contributed by atoms with Crippen molar-refractivity contribution in [2.45, 2.75) is 13.0 Å². The molecule has 2 aromatic rings. The van der Waals surface area contributed by atoms with Crippen LogP contribution in [0.15, 0.2) is 48.5 Å². The van der Waals surface area contributed by atoms with Gasteiger partial charge in [-0.15, -0.1) is 0 Å². The minimum atomic E-state index is -0.503. The first kappa shape index (κ1) is 14.0. The fourth-order valence-electron chi connectivity index (χ4n) is 1.85. The van der Waals surface area contributed by atoms with E-state index in [1.165, 1.54) is 12.1 Å². The molecule has 0 radical (unpaired) electrons. The van der Waals surface area contributed by atoms with Gasteiger partial charge in [0.25, 0.3) is 0 Å². The van der Waals surface area contributed by atoms with Gasteiger partial charge in [0.05, 0.1) is 18.1 Å². The number of aliphatic hydroxyl groups is 1. The minimum absolute atomic E-state index is 0.121. The van der Waals surface area contributed by atoms with Gasteiger partial charge in [0, 0.05) is 12.5 Å². The average molecular weight is 273 g/mol. The van der Waals surface area contributed by atoms with Crippen LogP contribution in [0.4, 0.5) is 5.69 Å². The zero-order valence-electron chi connectivity index (χ0n) is 10.9. The third kappa shape index (κ3) is 3.55. The van der Waals surface area contributed by atoms with Crippen LogP contribution in [-0.2, 0) is 13.0 Å². The summed E-state index contributed by atoms with van der Waals surface area (Å²) in [7, 11) is 0. The zero-order chi connectivity index (χ0) is 14.4. The predicted octanol–water partition coefficient (Wildman–Crippen LogP) is 2.71. The van der Waals surface area contributed by atoms with Gasteiger partial charge in [0.15, 0.2) is 5.75 Å². The fourth-order valence-corrected chi connectivity index (χ4v) is 1.85. The summed E-state index contributed by atoms with van der Waals surface area (Å²) in [4.78, 5) is 10.5. The van der Waals surface area contributed by atoms with Crippen molar-refractivity contribution in [1.29, 1.82) is 0 Å². The molecule has 0 aliphatic carbocycles. The van der Waals surface area contributed by atoms with E-state index in [-0.39, 0.29) is 18.0 Å². The molecule has 5 nitrogen and oxygen atoms in total. The van der Waals surface area contributed by atoms with Gasteiger partial charge >= 0.3 is 5.69 Å². The summed E-state index contributed by atoms with van der Waals surface area (Å²) < 4.78 is 5.48. The maximum Gasteiger partial charge on any atom is 0.311 e. The highest BCUT2D eigenvalue weighted by molar-refractivity contribution is 5.48. The van der Waals surface area contributed by atoms with Gasteiger partial charge < -0.3 is 9.84 Å². The van der Waals surface area contributed by atoms with Gasteiger partial charge in [-0.3, -0.25) is 10.1 Å². The second kappa shape index (κ2) is 6.68. The molecule has 2 rings (SSSR count). The number of nitro groups is 1. The van der Waals surface area contributed by atoms with Crippen LogP contribution in [0.5, 0.6) is 5.75 Å². The molecular weight excluding hydrogens is 258 g/mol. The first-order chi connectivity index (χ1) is 9.70. The lowest BCUT2D eigenvalue weighted by molar-refractivity contribution is -0.386. The largest absolute Gasteiger partial charge is 0.486 e. The van der Waals surface area contributed by atoms with Crippen LogP contribution in [0.2, 0.25) is 0 Å². The number of nitro benzene ring substituents is 1. The third-order valence-corrected chi connectivity index (χ3v) is 2.89. The summed E-state index contributed by atoms with van der Waals surface area (Å²) in [6.45, 7) is 0.133. The van der Waals surface area contributed by atoms with Crippen molar-refractivity contribution in [3.8, 4) is 5.75 Å². The molecule has 0 aromatic heterocycles. The second-order valence-corrected chi connectivity index (χ2v) is 4.30. The quantitative estimate of drug-likeness (QED) is 0.648. The molecule has 20 heavy (non-hydrogen) atoms. The van der Waals surface area contributed by atoms with Crippen LogP contribution in [0.25, 0.3) is 0 Å². The highest BCUT2D eigenvalue weighted by Crippen LogP contribution is 2.28. The second-order valence-electron chi connectivity index (χ2n) is 4.30. The molecule has 0 saturated heterocycles. The number of benzene rings is 2. The van der Waals surface area contributed by atoms with E-state index in [9.17, 15) is 10.1 Å². The monoisotopic (exact) mass is 273 g/mol. The molecule has 0 spiro atoms. The summed E-state index contributed by atoms with van der Waals surface area (Å²) in [6, 6.07) is 14.2. The molecule has 0 heterocycles.